The summed E-state index contributed by atoms with van der Waals surface area (Å²) in [6, 6.07) is 10.3. The van der Waals surface area contributed by atoms with Gasteiger partial charge in [0.15, 0.2) is 0 Å². The second-order valence-electron chi connectivity index (χ2n) is 5.01. The van der Waals surface area contributed by atoms with E-state index in [0.29, 0.717) is 4.47 Å². The molecule has 0 saturated carbocycles. The Balaban J connectivity index is 2.05. The highest BCUT2D eigenvalue weighted by Gasteiger charge is 2.21. The molecule has 0 bridgehead atoms. The number of hydrogen-bond acceptors (Lipinski definition) is 5. The topological polar surface area (TPSA) is 105 Å². The lowest BCUT2D eigenvalue weighted by Gasteiger charge is -2.14. The average Bonchev–Trinajstić information content (AvgIpc) is 2.65. The van der Waals surface area contributed by atoms with E-state index in [1.807, 2.05) is 0 Å². The Morgan fingerprint density at radius 3 is 2.15 bits per heavy atom. The van der Waals surface area contributed by atoms with Gasteiger partial charge in [0.1, 0.15) is 5.82 Å². The summed E-state index contributed by atoms with van der Waals surface area (Å²) < 4.78 is 38.3. The Bertz CT molecular complexity index is 916. The molecule has 0 heterocycles. The van der Waals surface area contributed by atoms with Gasteiger partial charge in [-0.2, -0.15) is 0 Å². The largest absolute Gasteiger partial charge is 0.288 e. The van der Waals surface area contributed by atoms with Gasteiger partial charge in [-0.3, -0.25) is 25.3 Å². The Kier molecular flexibility index (Phi) is 6.03. The van der Waals surface area contributed by atoms with Crippen LogP contribution >= 0.6 is 0 Å². The van der Waals surface area contributed by atoms with Gasteiger partial charge in [-0.1, -0.05) is 16.6 Å². The SMILES string of the molecule is CON(C)S(=O)(=O)c1ccc(C(=O)NNC(=O)c2ccccc2F)cc1. The number of carbonyl (C=O) groups is 2. The normalized spacial score (nSPS) is 11.2. The Labute approximate surface area is 149 Å². The van der Waals surface area contributed by atoms with E-state index >= 15 is 0 Å². The number of carbonyl (C=O) groups excluding carboxylic acids is 2. The first-order valence-corrected chi connectivity index (χ1v) is 8.69. The molecule has 8 nitrogen and oxygen atoms in total. The number of nitrogens with zero attached hydrogens (tertiary/aromatic N) is 1. The molecule has 2 amide bonds. The minimum Gasteiger partial charge on any atom is -0.288 e. The molecule has 2 rings (SSSR count). The molecule has 10 heteroatoms. The average molecular weight is 381 g/mol. The summed E-state index contributed by atoms with van der Waals surface area (Å²) in [5.41, 5.74) is 4.08. The number of sulfonamides is 1. The van der Waals surface area contributed by atoms with Gasteiger partial charge < -0.3 is 0 Å². The molecule has 0 aromatic heterocycles. The van der Waals surface area contributed by atoms with Crippen LogP contribution in [0.25, 0.3) is 0 Å². The molecule has 0 unspecified atom stereocenters. The molecule has 2 N–H and O–H groups in total. The van der Waals surface area contributed by atoms with E-state index < -0.39 is 27.7 Å². The van der Waals surface area contributed by atoms with E-state index in [-0.39, 0.29) is 16.0 Å². The van der Waals surface area contributed by atoms with E-state index in [1.54, 1.807) is 0 Å². The molecular weight excluding hydrogens is 365 g/mol. The maximum atomic E-state index is 13.5. The van der Waals surface area contributed by atoms with Gasteiger partial charge in [0.05, 0.1) is 17.6 Å². The first kappa shape index (κ1) is 19.5. The second kappa shape index (κ2) is 8.04. The molecule has 2 aromatic carbocycles. The number of rotatable bonds is 5. The van der Waals surface area contributed by atoms with Gasteiger partial charge in [-0.05, 0) is 36.4 Å². The van der Waals surface area contributed by atoms with Gasteiger partial charge >= 0.3 is 0 Å². The fourth-order valence-electron chi connectivity index (χ4n) is 1.92. The zero-order valence-electron chi connectivity index (χ0n) is 13.9. The number of hydrogen-bond donors (Lipinski definition) is 2. The highest BCUT2D eigenvalue weighted by atomic mass is 32.2. The molecule has 0 fully saturated rings. The van der Waals surface area contributed by atoms with Crippen molar-refractivity contribution in [1.82, 2.24) is 15.3 Å². The molecule has 0 aliphatic carbocycles. The van der Waals surface area contributed by atoms with Crippen molar-refractivity contribution in [2.75, 3.05) is 14.2 Å². The van der Waals surface area contributed by atoms with Crippen molar-refractivity contribution in [1.29, 1.82) is 0 Å². The van der Waals surface area contributed by atoms with Crippen LogP contribution in [0.4, 0.5) is 4.39 Å². The van der Waals surface area contributed by atoms with Crippen molar-refractivity contribution >= 4 is 21.8 Å². The minimum atomic E-state index is -3.83. The third kappa shape index (κ3) is 4.23. The molecule has 26 heavy (non-hydrogen) atoms. The summed E-state index contributed by atoms with van der Waals surface area (Å²) in [4.78, 5) is 28.4. The summed E-state index contributed by atoms with van der Waals surface area (Å²) in [6.07, 6.45) is 0. The van der Waals surface area contributed by atoms with Gasteiger partial charge in [-0.25, -0.2) is 12.8 Å². The molecule has 0 aliphatic heterocycles. The second-order valence-corrected chi connectivity index (χ2v) is 6.95. The molecule has 0 spiro atoms. The maximum absolute atomic E-state index is 13.5. The summed E-state index contributed by atoms with van der Waals surface area (Å²) in [5, 5.41) is 0. The number of benzene rings is 2. The van der Waals surface area contributed by atoms with Crippen molar-refractivity contribution in [2.24, 2.45) is 0 Å². The van der Waals surface area contributed by atoms with Crippen LogP contribution in [-0.4, -0.2) is 38.9 Å². The predicted molar refractivity (Wildman–Crippen MR) is 89.7 cm³/mol. The standard InChI is InChI=1S/C16H16FN3O5S/c1-20(25-2)26(23,24)12-9-7-11(8-10-12)15(21)18-19-16(22)13-5-3-4-6-14(13)17/h3-10H,1-2H3,(H,18,21)(H,19,22). The molecule has 0 saturated heterocycles. The van der Waals surface area contributed by atoms with Crippen molar-refractivity contribution in [2.45, 2.75) is 4.90 Å². The van der Waals surface area contributed by atoms with E-state index in [0.717, 1.165) is 6.07 Å². The number of hydrazine groups is 1. The molecular formula is C16H16FN3O5S. The van der Waals surface area contributed by atoms with Crippen molar-refractivity contribution in [3.05, 3.63) is 65.5 Å². The van der Waals surface area contributed by atoms with Gasteiger partial charge in [0.25, 0.3) is 21.8 Å². The fraction of sp³-hybridized carbons (Fsp3) is 0.125. The monoisotopic (exact) mass is 381 g/mol. The quantitative estimate of drug-likeness (QED) is 0.754. The van der Waals surface area contributed by atoms with Crippen LogP contribution in [0.1, 0.15) is 20.7 Å². The highest BCUT2D eigenvalue weighted by molar-refractivity contribution is 7.89. The Morgan fingerprint density at radius 2 is 1.58 bits per heavy atom. The van der Waals surface area contributed by atoms with Crippen LogP contribution in [0.3, 0.4) is 0 Å². The smallest absolute Gasteiger partial charge is 0.272 e. The lowest BCUT2D eigenvalue weighted by atomic mass is 10.2. The molecule has 0 aliphatic rings. The number of halogens is 1. The number of nitrogens with one attached hydrogen (secondary N) is 2. The molecule has 0 radical (unpaired) electrons. The summed E-state index contributed by atoms with van der Waals surface area (Å²) in [6.45, 7) is 0. The van der Waals surface area contributed by atoms with Crippen LogP contribution in [0.15, 0.2) is 53.4 Å². The van der Waals surface area contributed by atoms with E-state index in [4.69, 9.17) is 0 Å². The van der Waals surface area contributed by atoms with E-state index in [2.05, 4.69) is 15.7 Å². The summed E-state index contributed by atoms with van der Waals surface area (Å²) in [5.74, 6) is -2.24. The third-order valence-electron chi connectivity index (χ3n) is 3.42. The summed E-state index contributed by atoms with van der Waals surface area (Å²) >= 11 is 0. The van der Waals surface area contributed by atoms with Gasteiger partial charge in [0, 0.05) is 12.6 Å². The Hall–Kier alpha value is -2.82. The number of hydroxylamine groups is 1. The minimum absolute atomic E-state index is 0.0752. The lowest BCUT2D eigenvalue weighted by molar-refractivity contribution is -0.0258. The zero-order valence-corrected chi connectivity index (χ0v) is 14.7. The van der Waals surface area contributed by atoms with Crippen LogP contribution < -0.4 is 10.9 Å². The van der Waals surface area contributed by atoms with Crippen LogP contribution in [0.5, 0.6) is 0 Å². The van der Waals surface area contributed by atoms with Crippen LogP contribution in [0.2, 0.25) is 0 Å². The third-order valence-corrected chi connectivity index (χ3v) is 5.11. The molecule has 138 valence electrons. The first-order chi connectivity index (χ1) is 12.3. The maximum Gasteiger partial charge on any atom is 0.272 e. The van der Waals surface area contributed by atoms with Crippen molar-refractivity contribution in [3.63, 3.8) is 0 Å². The van der Waals surface area contributed by atoms with Crippen molar-refractivity contribution < 1.29 is 27.2 Å². The van der Waals surface area contributed by atoms with Crippen molar-refractivity contribution in [3.8, 4) is 0 Å². The highest BCUT2D eigenvalue weighted by Crippen LogP contribution is 2.15. The van der Waals surface area contributed by atoms with Crippen LogP contribution in [-0.2, 0) is 14.9 Å². The zero-order chi connectivity index (χ0) is 19.3. The number of amides is 2. The fourth-order valence-corrected chi connectivity index (χ4v) is 2.90. The van der Waals surface area contributed by atoms with E-state index in [1.165, 1.54) is 56.6 Å². The first-order valence-electron chi connectivity index (χ1n) is 7.25. The van der Waals surface area contributed by atoms with Gasteiger partial charge in [-0.15, -0.1) is 0 Å². The van der Waals surface area contributed by atoms with Crippen LogP contribution in [0, 0.1) is 5.82 Å². The molecule has 0 atom stereocenters. The lowest BCUT2D eigenvalue weighted by Crippen LogP contribution is -2.41. The Morgan fingerprint density at radius 1 is 1.00 bits per heavy atom. The predicted octanol–water partition coefficient (Wildman–Crippen LogP) is 1.08. The van der Waals surface area contributed by atoms with E-state index in [9.17, 15) is 22.4 Å². The van der Waals surface area contributed by atoms with Gasteiger partial charge in [0.2, 0.25) is 0 Å². The molecule has 2 aromatic rings. The summed E-state index contributed by atoms with van der Waals surface area (Å²) in [7, 11) is -1.39.